The SMILES string of the molecule is CO/C=C(\C(=O)OC)C(=O)c1cc(F)c(Cl)nc1Cl. The molecule has 102 valence electrons. The molecule has 1 aromatic heterocycles. The number of halogens is 3. The van der Waals surface area contributed by atoms with Crippen LogP contribution in [0.15, 0.2) is 17.9 Å². The summed E-state index contributed by atoms with van der Waals surface area (Å²) in [6.45, 7) is 0. The Kier molecular flexibility index (Phi) is 5.26. The van der Waals surface area contributed by atoms with Crippen molar-refractivity contribution in [1.29, 1.82) is 0 Å². The molecule has 0 fully saturated rings. The zero-order chi connectivity index (χ0) is 14.6. The second-order valence-corrected chi connectivity index (χ2v) is 3.90. The van der Waals surface area contributed by atoms with E-state index in [0.717, 1.165) is 19.4 Å². The number of methoxy groups -OCH3 is 2. The molecule has 0 unspecified atom stereocenters. The molecule has 0 aromatic carbocycles. The smallest absolute Gasteiger partial charge is 0.345 e. The average Bonchev–Trinajstić information content (AvgIpc) is 2.38. The number of Topliss-reactive ketones (excluding diaryl/α,β-unsaturated/α-hetero) is 1. The molecule has 5 nitrogen and oxygen atoms in total. The first-order valence-corrected chi connectivity index (χ1v) is 5.55. The van der Waals surface area contributed by atoms with E-state index in [2.05, 4.69) is 14.5 Å². The van der Waals surface area contributed by atoms with Crippen molar-refractivity contribution in [2.75, 3.05) is 14.2 Å². The molecular weight excluding hydrogens is 300 g/mol. The number of aromatic nitrogens is 1. The van der Waals surface area contributed by atoms with Crippen molar-refractivity contribution < 1.29 is 23.5 Å². The third-order valence-corrected chi connectivity index (χ3v) is 2.57. The van der Waals surface area contributed by atoms with Crippen LogP contribution >= 0.6 is 23.2 Å². The topological polar surface area (TPSA) is 65.5 Å². The molecule has 0 aliphatic heterocycles. The molecule has 0 radical (unpaired) electrons. The summed E-state index contributed by atoms with van der Waals surface area (Å²) in [6.07, 6.45) is 0.872. The van der Waals surface area contributed by atoms with E-state index in [1.54, 1.807) is 0 Å². The highest BCUT2D eigenvalue weighted by Gasteiger charge is 2.25. The van der Waals surface area contributed by atoms with Gasteiger partial charge in [0.25, 0.3) is 0 Å². The summed E-state index contributed by atoms with van der Waals surface area (Å²) in [6, 6.07) is 0.784. The van der Waals surface area contributed by atoms with Crippen molar-refractivity contribution >= 4 is 35.0 Å². The van der Waals surface area contributed by atoms with E-state index in [9.17, 15) is 14.0 Å². The summed E-state index contributed by atoms with van der Waals surface area (Å²) in [4.78, 5) is 26.9. The van der Waals surface area contributed by atoms with Crippen molar-refractivity contribution in [1.82, 2.24) is 4.98 Å². The summed E-state index contributed by atoms with van der Waals surface area (Å²) in [5.74, 6) is -2.77. The van der Waals surface area contributed by atoms with Gasteiger partial charge in [0.05, 0.1) is 19.8 Å². The maximum atomic E-state index is 13.3. The van der Waals surface area contributed by atoms with E-state index < -0.39 is 28.3 Å². The van der Waals surface area contributed by atoms with Crippen LogP contribution in [-0.4, -0.2) is 31.0 Å². The summed E-state index contributed by atoms with van der Waals surface area (Å²) in [5.41, 5.74) is -0.771. The van der Waals surface area contributed by atoms with Crippen LogP contribution < -0.4 is 0 Å². The van der Waals surface area contributed by atoms with E-state index in [-0.39, 0.29) is 10.7 Å². The molecule has 0 saturated carbocycles. The van der Waals surface area contributed by atoms with Crippen LogP contribution in [0.1, 0.15) is 10.4 Å². The Morgan fingerprint density at radius 2 is 1.95 bits per heavy atom. The molecule has 0 aliphatic rings. The quantitative estimate of drug-likeness (QED) is 0.163. The molecule has 0 bridgehead atoms. The highest BCUT2D eigenvalue weighted by Crippen LogP contribution is 2.23. The molecule has 8 heteroatoms. The zero-order valence-corrected chi connectivity index (χ0v) is 11.4. The van der Waals surface area contributed by atoms with Crippen LogP contribution in [-0.2, 0) is 14.3 Å². The first kappa shape index (κ1) is 15.4. The van der Waals surface area contributed by atoms with Gasteiger partial charge in [-0.05, 0) is 6.07 Å². The largest absolute Gasteiger partial charge is 0.503 e. The molecule has 1 heterocycles. The van der Waals surface area contributed by atoms with E-state index in [1.807, 2.05) is 0 Å². The molecule has 0 aliphatic carbocycles. The second-order valence-electron chi connectivity index (χ2n) is 3.19. The molecule has 0 saturated heterocycles. The molecule has 0 amide bonds. The van der Waals surface area contributed by atoms with Crippen LogP contribution in [0.5, 0.6) is 0 Å². The predicted octanol–water partition coefficient (Wildman–Crippen LogP) is 2.41. The minimum Gasteiger partial charge on any atom is -0.503 e. The van der Waals surface area contributed by atoms with Crippen molar-refractivity contribution in [3.63, 3.8) is 0 Å². The third kappa shape index (κ3) is 3.42. The Hall–Kier alpha value is -1.66. The number of rotatable bonds is 4. The van der Waals surface area contributed by atoms with Crippen LogP contribution in [0.25, 0.3) is 0 Å². The summed E-state index contributed by atoms with van der Waals surface area (Å²) < 4.78 is 22.3. The van der Waals surface area contributed by atoms with Crippen molar-refractivity contribution in [3.05, 3.63) is 39.6 Å². The third-order valence-electron chi connectivity index (χ3n) is 2.02. The van der Waals surface area contributed by atoms with Gasteiger partial charge in [-0.3, -0.25) is 4.79 Å². The lowest BCUT2D eigenvalue weighted by atomic mass is 10.1. The van der Waals surface area contributed by atoms with E-state index in [1.165, 1.54) is 7.11 Å². The fourth-order valence-electron chi connectivity index (χ4n) is 1.17. The average molecular weight is 308 g/mol. The van der Waals surface area contributed by atoms with Gasteiger partial charge < -0.3 is 9.47 Å². The van der Waals surface area contributed by atoms with Gasteiger partial charge >= 0.3 is 5.97 Å². The van der Waals surface area contributed by atoms with Crippen LogP contribution in [0, 0.1) is 5.82 Å². The number of esters is 1. The van der Waals surface area contributed by atoms with Crippen molar-refractivity contribution in [2.45, 2.75) is 0 Å². The summed E-state index contributed by atoms with van der Waals surface area (Å²) in [7, 11) is 2.32. The number of ether oxygens (including phenoxy) is 2. The lowest BCUT2D eigenvalue weighted by Gasteiger charge is -2.06. The van der Waals surface area contributed by atoms with Crippen LogP contribution in [0.3, 0.4) is 0 Å². The van der Waals surface area contributed by atoms with Gasteiger partial charge in [-0.1, -0.05) is 23.2 Å². The lowest BCUT2D eigenvalue weighted by molar-refractivity contribution is -0.135. The van der Waals surface area contributed by atoms with Gasteiger partial charge in [0.1, 0.15) is 17.0 Å². The number of nitrogens with zero attached hydrogens (tertiary/aromatic N) is 1. The van der Waals surface area contributed by atoms with Gasteiger partial charge in [-0.2, -0.15) is 0 Å². The Balaban J connectivity index is 3.29. The molecule has 1 rings (SSSR count). The fourth-order valence-corrected chi connectivity index (χ4v) is 1.58. The summed E-state index contributed by atoms with van der Waals surface area (Å²) >= 11 is 11.1. The Morgan fingerprint density at radius 1 is 1.32 bits per heavy atom. The van der Waals surface area contributed by atoms with E-state index in [0.29, 0.717) is 0 Å². The molecule has 0 spiro atoms. The zero-order valence-electron chi connectivity index (χ0n) is 9.87. The Bertz CT molecular complexity index is 560. The fraction of sp³-hybridized carbons (Fsp3) is 0.182. The number of pyridine rings is 1. The van der Waals surface area contributed by atoms with Gasteiger partial charge in [0.15, 0.2) is 11.0 Å². The predicted molar refractivity (Wildman–Crippen MR) is 65.7 cm³/mol. The second kappa shape index (κ2) is 6.49. The lowest BCUT2D eigenvalue weighted by Crippen LogP contribution is -2.16. The monoisotopic (exact) mass is 307 g/mol. The maximum Gasteiger partial charge on any atom is 0.345 e. The van der Waals surface area contributed by atoms with Crippen LogP contribution in [0.4, 0.5) is 4.39 Å². The van der Waals surface area contributed by atoms with Gasteiger partial charge in [0, 0.05) is 0 Å². The minimum absolute atomic E-state index is 0.322. The molecular formula is C11H8Cl2FNO4. The minimum atomic E-state index is -0.946. The Labute approximate surface area is 117 Å². The van der Waals surface area contributed by atoms with Gasteiger partial charge in [-0.25, -0.2) is 14.2 Å². The number of carbonyl (C=O) groups excluding carboxylic acids is 2. The highest BCUT2D eigenvalue weighted by atomic mass is 35.5. The maximum absolute atomic E-state index is 13.3. The van der Waals surface area contributed by atoms with Crippen molar-refractivity contribution in [3.8, 4) is 0 Å². The van der Waals surface area contributed by atoms with Gasteiger partial charge in [0.2, 0.25) is 5.78 Å². The number of carbonyl (C=O) groups is 2. The molecule has 0 atom stereocenters. The number of hydrogen-bond donors (Lipinski definition) is 0. The molecule has 19 heavy (non-hydrogen) atoms. The highest BCUT2D eigenvalue weighted by molar-refractivity contribution is 6.37. The first-order valence-electron chi connectivity index (χ1n) is 4.79. The number of hydrogen-bond acceptors (Lipinski definition) is 5. The normalized spacial score (nSPS) is 11.1. The molecule has 1 aromatic rings. The van der Waals surface area contributed by atoms with Gasteiger partial charge in [-0.15, -0.1) is 0 Å². The van der Waals surface area contributed by atoms with Crippen LogP contribution in [0.2, 0.25) is 10.3 Å². The van der Waals surface area contributed by atoms with E-state index >= 15 is 0 Å². The number of ketones is 1. The first-order chi connectivity index (χ1) is 8.92. The molecule has 0 N–H and O–H groups in total. The van der Waals surface area contributed by atoms with Crippen molar-refractivity contribution in [2.24, 2.45) is 0 Å². The standard InChI is InChI=1S/C11H8Cl2FNO4/c1-18-4-6(11(17)19-2)8(16)5-3-7(14)10(13)15-9(5)12/h3-4H,1-2H3/b6-4-. The summed E-state index contributed by atoms with van der Waals surface area (Å²) in [5, 5.41) is -0.806. The Morgan fingerprint density at radius 3 is 2.47 bits per heavy atom. The van der Waals surface area contributed by atoms with E-state index in [4.69, 9.17) is 23.2 Å².